The third kappa shape index (κ3) is 3.80. The number of anilines is 2. The quantitative estimate of drug-likeness (QED) is 0.763. The molecule has 0 spiro atoms. The van der Waals surface area contributed by atoms with Gasteiger partial charge >= 0.3 is 5.97 Å². The van der Waals surface area contributed by atoms with Gasteiger partial charge in [0.15, 0.2) is 0 Å². The van der Waals surface area contributed by atoms with Crippen LogP contribution in [0.25, 0.3) is 10.8 Å². The molecule has 3 N–H and O–H groups in total. The van der Waals surface area contributed by atoms with Crippen molar-refractivity contribution in [1.29, 1.82) is 5.26 Å². The highest BCUT2D eigenvalue weighted by Crippen LogP contribution is 2.31. The number of aliphatic carboxylic acids is 1. The Labute approximate surface area is 146 Å². The van der Waals surface area contributed by atoms with E-state index in [-0.39, 0.29) is 6.54 Å². The number of nitrogens with zero attached hydrogens (tertiary/aromatic N) is 3. The molecule has 2 heterocycles. The molecule has 0 bridgehead atoms. The van der Waals surface area contributed by atoms with Crippen LogP contribution in [0, 0.1) is 11.3 Å². The Bertz CT molecular complexity index is 824. The second-order valence-corrected chi connectivity index (χ2v) is 6.29. The van der Waals surface area contributed by atoms with Crippen molar-refractivity contribution in [2.45, 2.75) is 18.9 Å². The van der Waals surface area contributed by atoms with Crippen LogP contribution in [-0.2, 0) is 4.79 Å². The first-order valence-electron chi connectivity index (χ1n) is 8.31. The maximum Gasteiger partial charge on any atom is 0.323 e. The lowest BCUT2D eigenvalue weighted by Crippen LogP contribution is -2.35. The zero-order chi connectivity index (χ0) is 17.8. The number of piperidine rings is 1. The lowest BCUT2D eigenvalue weighted by molar-refractivity contribution is -0.135. The second-order valence-electron chi connectivity index (χ2n) is 6.29. The summed E-state index contributed by atoms with van der Waals surface area (Å²) in [4.78, 5) is 17.1. The lowest BCUT2D eigenvalue weighted by atomic mass is 10.0. The van der Waals surface area contributed by atoms with Gasteiger partial charge in [-0.25, -0.2) is 4.98 Å². The van der Waals surface area contributed by atoms with Crippen LogP contribution in [0.4, 0.5) is 11.5 Å². The summed E-state index contributed by atoms with van der Waals surface area (Å²) < 4.78 is 0. The number of benzene rings is 1. The number of fused-ring (bicyclic) bond motifs is 1. The van der Waals surface area contributed by atoms with E-state index in [1.807, 2.05) is 12.1 Å². The first-order valence-corrected chi connectivity index (χ1v) is 8.31. The van der Waals surface area contributed by atoms with E-state index in [4.69, 9.17) is 5.11 Å². The summed E-state index contributed by atoms with van der Waals surface area (Å²) in [5.74, 6) is -0.319. The van der Waals surface area contributed by atoms with E-state index in [2.05, 4.69) is 21.7 Å². The molecule has 7 heteroatoms. The Morgan fingerprint density at radius 3 is 2.88 bits per heavy atom. The molecule has 0 amide bonds. The molecular weight excluding hydrogens is 318 g/mol. The largest absolute Gasteiger partial charge is 0.480 e. The van der Waals surface area contributed by atoms with Crippen molar-refractivity contribution in [2.24, 2.45) is 0 Å². The summed E-state index contributed by atoms with van der Waals surface area (Å²) in [6.45, 7) is 1.82. The van der Waals surface area contributed by atoms with Gasteiger partial charge in [-0.3, -0.25) is 4.79 Å². The van der Waals surface area contributed by atoms with Gasteiger partial charge in [0, 0.05) is 23.9 Å². The van der Waals surface area contributed by atoms with Crippen LogP contribution in [0.2, 0.25) is 0 Å². The van der Waals surface area contributed by atoms with Crippen molar-refractivity contribution in [1.82, 2.24) is 10.3 Å². The van der Waals surface area contributed by atoms with Gasteiger partial charge in [0.05, 0.1) is 23.5 Å². The third-order valence-electron chi connectivity index (χ3n) is 4.43. The van der Waals surface area contributed by atoms with Gasteiger partial charge in [-0.15, -0.1) is 0 Å². The Kier molecular flexibility index (Phi) is 5.00. The van der Waals surface area contributed by atoms with Crippen molar-refractivity contribution in [2.75, 3.05) is 36.9 Å². The molecule has 0 unspecified atom stereocenters. The number of carbonyl (C=O) groups is 1. The van der Waals surface area contributed by atoms with Crippen molar-refractivity contribution >= 4 is 28.2 Å². The highest BCUT2D eigenvalue weighted by molar-refractivity contribution is 6.01. The summed E-state index contributed by atoms with van der Waals surface area (Å²) in [5, 5.41) is 26.9. The second kappa shape index (κ2) is 7.36. The van der Waals surface area contributed by atoms with Crippen LogP contribution in [0.1, 0.15) is 18.4 Å². The van der Waals surface area contributed by atoms with Gasteiger partial charge < -0.3 is 20.6 Å². The normalized spacial score (nSPS) is 14.9. The van der Waals surface area contributed by atoms with E-state index < -0.39 is 5.97 Å². The third-order valence-corrected chi connectivity index (χ3v) is 4.43. The van der Waals surface area contributed by atoms with E-state index >= 15 is 0 Å². The molecule has 2 aromatic rings. The average Bonchev–Trinajstić information content (AvgIpc) is 2.61. The van der Waals surface area contributed by atoms with E-state index in [1.54, 1.807) is 24.2 Å². The summed E-state index contributed by atoms with van der Waals surface area (Å²) in [6, 6.07) is 7.93. The molecular formula is C18H21N5O2. The molecule has 0 saturated carbocycles. The van der Waals surface area contributed by atoms with Gasteiger partial charge in [0.1, 0.15) is 12.4 Å². The molecule has 1 aromatic carbocycles. The molecule has 0 radical (unpaired) electrons. The molecule has 1 saturated heterocycles. The number of hydrogen-bond acceptors (Lipinski definition) is 6. The fourth-order valence-corrected chi connectivity index (χ4v) is 3.18. The number of rotatable bonds is 5. The van der Waals surface area contributed by atoms with Crippen molar-refractivity contribution in [3.8, 4) is 6.07 Å². The van der Waals surface area contributed by atoms with Crippen LogP contribution < -0.4 is 15.5 Å². The first-order chi connectivity index (χ1) is 12.1. The average molecular weight is 339 g/mol. The van der Waals surface area contributed by atoms with Gasteiger partial charge in [-0.1, -0.05) is 0 Å². The Hall–Kier alpha value is -2.85. The Balaban J connectivity index is 2.02. The predicted molar refractivity (Wildman–Crippen MR) is 96.9 cm³/mol. The number of carboxylic acid groups (broad SMARTS) is 1. The molecule has 1 aliphatic rings. The number of nitriles is 1. The molecule has 0 atom stereocenters. The number of likely N-dealkylation sites (N-methyl/N-ethyl adjacent to an activating group) is 1. The molecule has 1 aliphatic heterocycles. The van der Waals surface area contributed by atoms with E-state index in [9.17, 15) is 10.1 Å². The van der Waals surface area contributed by atoms with Crippen LogP contribution in [-0.4, -0.2) is 48.8 Å². The maximum atomic E-state index is 11.0. The van der Waals surface area contributed by atoms with E-state index in [0.717, 1.165) is 42.4 Å². The van der Waals surface area contributed by atoms with E-state index in [1.165, 1.54) is 0 Å². The number of aromatic nitrogens is 1. The number of pyridine rings is 1. The SMILES string of the molecule is CN(CC(=O)O)c1ncc(NC2CCNCC2)c2cc(C#N)ccc12. The monoisotopic (exact) mass is 339 g/mol. The van der Waals surface area contributed by atoms with Crippen LogP contribution >= 0.6 is 0 Å². The van der Waals surface area contributed by atoms with Gasteiger partial charge in [-0.05, 0) is 44.1 Å². The highest BCUT2D eigenvalue weighted by Gasteiger charge is 2.17. The minimum Gasteiger partial charge on any atom is -0.480 e. The summed E-state index contributed by atoms with van der Waals surface area (Å²) in [5.41, 5.74) is 1.45. The van der Waals surface area contributed by atoms with Crippen molar-refractivity contribution in [3.05, 3.63) is 30.0 Å². The maximum absolute atomic E-state index is 11.0. The van der Waals surface area contributed by atoms with Gasteiger partial charge in [0.2, 0.25) is 0 Å². The van der Waals surface area contributed by atoms with Crippen LogP contribution in [0.3, 0.4) is 0 Å². The van der Waals surface area contributed by atoms with E-state index in [0.29, 0.717) is 17.4 Å². The zero-order valence-electron chi connectivity index (χ0n) is 14.1. The fraction of sp³-hybridized carbons (Fsp3) is 0.389. The number of carboxylic acids is 1. The number of nitrogens with one attached hydrogen (secondary N) is 2. The minimum absolute atomic E-state index is 0.136. The zero-order valence-corrected chi connectivity index (χ0v) is 14.1. The van der Waals surface area contributed by atoms with Crippen LogP contribution in [0.5, 0.6) is 0 Å². The summed E-state index contributed by atoms with van der Waals surface area (Å²) >= 11 is 0. The fourth-order valence-electron chi connectivity index (χ4n) is 3.18. The minimum atomic E-state index is -0.914. The molecule has 130 valence electrons. The molecule has 1 aromatic heterocycles. The van der Waals surface area contributed by atoms with Crippen molar-refractivity contribution in [3.63, 3.8) is 0 Å². The van der Waals surface area contributed by atoms with Crippen LogP contribution in [0.15, 0.2) is 24.4 Å². The molecule has 3 rings (SSSR count). The highest BCUT2D eigenvalue weighted by atomic mass is 16.4. The number of hydrogen-bond donors (Lipinski definition) is 3. The molecule has 25 heavy (non-hydrogen) atoms. The van der Waals surface area contributed by atoms with Crippen molar-refractivity contribution < 1.29 is 9.90 Å². The Morgan fingerprint density at radius 1 is 1.44 bits per heavy atom. The topological polar surface area (TPSA) is 101 Å². The molecule has 1 fully saturated rings. The van der Waals surface area contributed by atoms with Gasteiger partial charge in [0.25, 0.3) is 0 Å². The summed E-state index contributed by atoms with van der Waals surface area (Å²) in [7, 11) is 1.70. The lowest BCUT2D eigenvalue weighted by Gasteiger charge is -2.26. The first kappa shape index (κ1) is 17.0. The molecule has 7 nitrogen and oxygen atoms in total. The molecule has 0 aliphatic carbocycles. The summed E-state index contributed by atoms with van der Waals surface area (Å²) in [6.07, 6.45) is 3.79. The Morgan fingerprint density at radius 2 is 2.20 bits per heavy atom. The van der Waals surface area contributed by atoms with Gasteiger partial charge in [-0.2, -0.15) is 5.26 Å². The predicted octanol–water partition coefficient (Wildman–Crippen LogP) is 1.79. The smallest absolute Gasteiger partial charge is 0.323 e. The standard InChI is InChI=1S/C18H21N5O2/c1-23(11-17(24)25)18-14-3-2-12(9-19)8-15(14)16(10-21-18)22-13-4-6-20-7-5-13/h2-3,8,10,13,20,22H,4-7,11H2,1H3,(H,24,25).